The lowest BCUT2D eigenvalue weighted by molar-refractivity contribution is -0.901. The lowest BCUT2D eigenvalue weighted by atomic mass is 10.1. The van der Waals surface area contributed by atoms with Crippen molar-refractivity contribution >= 4 is 21.8 Å². The van der Waals surface area contributed by atoms with Crippen molar-refractivity contribution < 1.29 is 14.1 Å². The molecule has 0 atom stereocenters. The Labute approximate surface area is 150 Å². The first-order chi connectivity index (χ1) is 11.6. The summed E-state index contributed by atoms with van der Waals surface area (Å²) in [6.45, 7) is 3.88. The number of hydrogen-bond acceptors (Lipinski definition) is 1. The highest BCUT2D eigenvalue weighted by molar-refractivity contribution is 9.10. The van der Waals surface area contributed by atoms with E-state index in [1.165, 1.54) is 43.6 Å². The summed E-state index contributed by atoms with van der Waals surface area (Å²) < 4.78 is 14.0. The number of amides is 1. The van der Waals surface area contributed by atoms with Gasteiger partial charge in [-0.05, 0) is 39.7 Å². The summed E-state index contributed by atoms with van der Waals surface area (Å²) in [5.41, 5.74) is 2.71. The zero-order chi connectivity index (χ0) is 16.9. The number of hydrogen-bond donors (Lipinski definition) is 2. The second-order valence-electron chi connectivity index (χ2n) is 6.21. The molecule has 1 fully saturated rings. The minimum atomic E-state index is -0.415. The molecule has 2 N–H and O–H groups in total. The van der Waals surface area contributed by atoms with Gasteiger partial charge in [0.25, 0.3) is 5.91 Å². The minimum absolute atomic E-state index is 0.273. The Kier molecular flexibility index (Phi) is 5.63. The van der Waals surface area contributed by atoms with Crippen LogP contribution in [-0.4, -0.2) is 19.0 Å². The van der Waals surface area contributed by atoms with Crippen molar-refractivity contribution in [3.05, 3.63) is 69.4 Å². The van der Waals surface area contributed by atoms with Gasteiger partial charge < -0.3 is 10.2 Å². The quantitative estimate of drug-likeness (QED) is 0.806. The number of likely N-dealkylation sites (tertiary alicyclic amines) is 1. The molecule has 0 radical (unpaired) electrons. The summed E-state index contributed by atoms with van der Waals surface area (Å²) in [5.74, 6) is -0.689. The summed E-state index contributed by atoms with van der Waals surface area (Å²) >= 11 is 3.30. The lowest BCUT2D eigenvalue weighted by Crippen LogP contribution is -3.08. The highest BCUT2D eigenvalue weighted by atomic mass is 79.9. The molecule has 0 spiro atoms. The van der Waals surface area contributed by atoms with E-state index in [4.69, 9.17) is 0 Å². The number of carbonyl (C=O) groups is 1. The van der Waals surface area contributed by atoms with E-state index in [1.54, 1.807) is 11.0 Å². The molecule has 0 unspecified atom stereocenters. The van der Waals surface area contributed by atoms with Crippen LogP contribution in [0.4, 0.5) is 4.39 Å². The summed E-state index contributed by atoms with van der Waals surface area (Å²) in [7, 11) is 0. The number of rotatable bonds is 5. The van der Waals surface area contributed by atoms with Crippen LogP contribution in [0.25, 0.3) is 0 Å². The number of nitrogens with one attached hydrogen (secondary N) is 2. The molecular weight excluding hydrogens is 371 g/mol. The molecule has 0 bridgehead atoms. The van der Waals surface area contributed by atoms with Crippen LogP contribution in [0, 0.1) is 5.82 Å². The van der Waals surface area contributed by atoms with E-state index in [0.717, 1.165) is 12.1 Å². The molecule has 1 aliphatic heterocycles. The van der Waals surface area contributed by atoms with Crippen molar-refractivity contribution in [3.63, 3.8) is 0 Å². The molecular formula is C19H21BrFN2O+. The van der Waals surface area contributed by atoms with Crippen molar-refractivity contribution in [1.82, 2.24) is 5.32 Å². The van der Waals surface area contributed by atoms with Gasteiger partial charge in [-0.1, -0.05) is 24.3 Å². The first-order valence-electron chi connectivity index (χ1n) is 8.27. The number of halogens is 2. The van der Waals surface area contributed by atoms with Crippen LogP contribution in [-0.2, 0) is 13.1 Å². The summed E-state index contributed by atoms with van der Waals surface area (Å²) in [6.07, 6.45) is 2.59. The normalized spacial score (nSPS) is 14.8. The van der Waals surface area contributed by atoms with Gasteiger partial charge in [-0.3, -0.25) is 4.79 Å². The fourth-order valence-corrected chi connectivity index (χ4v) is 3.59. The number of quaternary nitrogens is 1. The first kappa shape index (κ1) is 17.1. The maximum atomic E-state index is 13.4. The van der Waals surface area contributed by atoms with Gasteiger partial charge in [0, 0.05) is 29.4 Å². The molecule has 3 rings (SSSR count). The van der Waals surface area contributed by atoms with Gasteiger partial charge >= 0.3 is 0 Å². The molecule has 2 aromatic rings. The van der Waals surface area contributed by atoms with Crippen molar-refractivity contribution in [1.29, 1.82) is 0 Å². The number of carbonyl (C=O) groups excluding carboxylic acids is 1. The molecule has 0 saturated carbocycles. The van der Waals surface area contributed by atoms with Crippen molar-refractivity contribution in [3.8, 4) is 0 Å². The van der Waals surface area contributed by atoms with Gasteiger partial charge in [0.2, 0.25) is 0 Å². The third kappa shape index (κ3) is 4.22. The van der Waals surface area contributed by atoms with Crippen LogP contribution in [0.3, 0.4) is 0 Å². The summed E-state index contributed by atoms with van der Waals surface area (Å²) in [4.78, 5) is 13.9. The van der Waals surface area contributed by atoms with Crippen LogP contribution in [0.1, 0.15) is 34.3 Å². The molecule has 2 aromatic carbocycles. The van der Waals surface area contributed by atoms with Gasteiger partial charge in [0.1, 0.15) is 12.4 Å². The van der Waals surface area contributed by atoms with Crippen molar-refractivity contribution in [2.45, 2.75) is 25.9 Å². The molecule has 1 saturated heterocycles. The molecule has 1 aliphatic rings. The Morgan fingerprint density at radius 3 is 2.58 bits per heavy atom. The topological polar surface area (TPSA) is 33.5 Å². The summed E-state index contributed by atoms with van der Waals surface area (Å²) in [5, 5.41) is 2.90. The van der Waals surface area contributed by atoms with Crippen LogP contribution in [0.15, 0.2) is 46.9 Å². The Hall–Kier alpha value is -1.72. The van der Waals surface area contributed by atoms with E-state index < -0.39 is 5.82 Å². The maximum Gasteiger partial charge on any atom is 0.252 e. The molecule has 5 heteroatoms. The van der Waals surface area contributed by atoms with E-state index in [9.17, 15) is 9.18 Å². The first-order valence-corrected chi connectivity index (χ1v) is 9.06. The van der Waals surface area contributed by atoms with E-state index in [-0.39, 0.29) is 5.91 Å². The predicted molar refractivity (Wildman–Crippen MR) is 95.3 cm³/mol. The molecule has 0 aromatic heterocycles. The predicted octanol–water partition coefficient (Wildman–Crippen LogP) is 2.70. The second kappa shape index (κ2) is 7.90. The van der Waals surface area contributed by atoms with Gasteiger partial charge in [0.05, 0.1) is 18.7 Å². The standard InChI is InChI=1S/C19H20BrFN2O/c20-18-8-7-16(21)11-17(18)19(24)22-12-14-5-1-2-6-15(14)13-23-9-3-4-10-23/h1-2,5-8,11H,3-4,9-10,12-13H2,(H,22,24)/p+1. The largest absolute Gasteiger partial charge is 0.348 e. The van der Waals surface area contributed by atoms with Crippen LogP contribution in [0.2, 0.25) is 0 Å². The Morgan fingerprint density at radius 1 is 1.12 bits per heavy atom. The van der Waals surface area contributed by atoms with Crippen molar-refractivity contribution in [2.24, 2.45) is 0 Å². The molecule has 1 heterocycles. The monoisotopic (exact) mass is 391 g/mol. The third-order valence-corrected chi connectivity index (χ3v) is 5.17. The number of benzene rings is 2. The molecule has 1 amide bonds. The van der Waals surface area contributed by atoms with Crippen LogP contribution >= 0.6 is 15.9 Å². The zero-order valence-corrected chi connectivity index (χ0v) is 15.0. The molecule has 126 valence electrons. The molecule has 24 heavy (non-hydrogen) atoms. The highest BCUT2D eigenvalue weighted by Gasteiger charge is 2.17. The minimum Gasteiger partial charge on any atom is -0.348 e. The summed E-state index contributed by atoms with van der Waals surface area (Å²) in [6, 6.07) is 12.3. The average molecular weight is 392 g/mol. The molecule has 3 nitrogen and oxygen atoms in total. The van der Waals surface area contributed by atoms with Gasteiger partial charge in [-0.2, -0.15) is 0 Å². The SMILES string of the molecule is O=C(NCc1ccccc1C[NH+]1CCCC1)c1cc(F)ccc1Br. The lowest BCUT2D eigenvalue weighted by Gasteiger charge is -2.15. The van der Waals surface area contributed by atoms with Gasteiger partial charge in [0.15, 0.2) is 0 Å². The fraction of sp³-hybridized carbons (Fsp3) is 0.316. The van der Waals surface area contributed by atoms with Crippen molar-refractivity contribution in [2.75, 3.05) is 13.1 Å². The van der Waals surface area contributed by atoms with E-state index in [1.807, 2.05) is 18.2 Å². The molecule has 0 aliphatic carbocycles. The third-order valence-electron chi connectivity index (χ3n) is 4.48. The van der Waals surface area contributed by atoms with Gasteiger partial charge in [-0.25, -0.2) is 4.39 Å². The average Bonchev–Trinajstić information content (AvgIpc) is 3.09. The van der Waals surface area contributed by atoms with E-state index in [0.29, 0.717) is 16.6 Å². The highest BCUT2D eigenvalue weighted by Crippen LogP contribution is 2.18. The smallest absolute Gasteiger partial charge is 0.252 e. The van der Waals surface area contributed by atoms with E-state index >= 15 is 0 Å². The van der Waals surface area contributed by atoms with Crippen LogP contribution in [0.5, 0.6) is 0 Å². The van der Waals surface area contributed by atoms with E-state index in [2.05, 4.69) is 27.3 Å². The zero-order valence-electron chi connectivity index (χ0n) is 13.4. The Morgan fingerprint density at radius 2 is 1.83 bits per heavy atom. The maximum absolute atomic E-state index is 13.4. The Balaban J connectivity index is 1.67. The Bertz CT molecular complexity index is 729. The van der Waals surface area contributed by atoms with Gasteiger partial charge in [-0.15, -0.1) is 0 Å². The van der Waals surface area contributed by atoms with Crippen LogP contribution < -0.4 is 10.2 Å². The fourth-order valence-electron chi connectivity index (χ4n) is 3.17. The second-order valence-corrected chi connectivity index (χ2v) is 7.06.